The summed E-state index contributed by atoms with van der Waals surface area (Å²) in [6.07, 6.45) is 3.10. The van der Waals surface area contributed by atoms with Gasteiger partial charge in [-0.1, -0.05) is 30.7 Å². The van der Waals surface area contributed by atoms with Gasteiger partial charge in [0.1, 0.15) is 11.1 Å². The Morgan fingerprint density at radius 1 is 1.26 bits per heavy atom. The lowest BCUT2D eigenvalue weighted by molar-refractivity contribution is -0.138. The number of pyridine rings is 1. The summed E-state index contributed by atoms with van der Waals surface area (Å²) >= 11 is 6.12. The Kier molecular flexibility index (Phi) is 6.97. The van der Waals surface area contributed by atoms with Crippen molar-refractivity contribution in [2.75, 3.05) is 31.2 Å². The minimum absolute atomic E-state index is 0.178. The van der Waals surface area contributed by atoms with Gasteiger partial charge in [0.2, 0.25) is 10.0 Å². The summed E-state index contributed by atoms with van der Waals surface area (Å²) in [7, 11) is -4.14. The summed E-state index contributed by atoms with van der Waals surface area (Å²) in [5.41, 5.74) is 0.984. The molecule has 1 aromatic carbocycles. The molecule has 0 saturated carbocycles. The van der Waals surface area contributed by atoms with Crippen molar-refractivity contribution >= 4 is 44.3 Å². The van der Waals surface area contributed by atoms with Crippen LogP contribution in [0.4, 0.5) is 5.82 Å². The van der Waals surface area contributed by atoms with E-state index in [-0.39, 0.29) is 12.1 Å². The maximum atomic E-state index is 14.0. The van der Waals surface area contributed by atoms with Crippen LogP contribution in [0.2, 0.25) is 5.02 Å². The van der Waals surface area contributed by atoms with Crippen LogP contribution in [0.3, 0.4) is 0 Å². The van der Waals surface area contributed by atoms with Crippen molar-refractivity contribution in [2.45, 2.75) is 24.5 Å². The van der Waals surface area contributed by atoms with Crippen LogP contribution in [0.1, 0.15) is 35.8 Å². The number of carboxylic acids is 1. The molecule has 0 bridgehead atoms. The first-order valence-corrected chi connectivity index (χ1v) is 12.8. The van der Waals surface area contributed by atoms with E-state index < -0.39 is 27.2 Å². The molecular formula is C24H26ClN3O5S. The number of anilines is 1. The predicted molar refractivity (Wildman–Crippen MR) is 132 cm³/mol. The van der Waals surface area contributed by atoms with Crippen molar-refractivity contribution in [3.05, 3.63) is 71.5 Å². The van der Waals surface area contributed by atoms with E-state index in [2.05, 4.69) is 16.5 Å². The van der Waals surface area contributed by atoms with Gasteiger partial charge in [0.15, 0.2) is 0 Å². The van der Waals surface area contributed by atoms with E-state index >= 15 is 0 Å². The molecule has 4 rings (SSSR count). The van der Waals surface area contributed by atoms with Crippen molar-refractivity contribution in [3.63, 3.8) is 0 Å². The van der Waals surface area contributed by atoms with Gasteiger partial charge in [-0.15, -0.1) is 6.58 Å². The van der Waals surface area contributed by atoms with E-state index in [0.717, 1.165) is 9.79 Å². The second-order valence-corrected chi connectivity index (χ2v) is 10.4. The number of fused-ring (bicyclic) bond motifs is 1. The summed E-state index contributed by atoms with van der Waals surface area (Å²) in [4.78, 5) is 18.5. The highest BCUT2D eigenvalue weighted by molar-refractivity contribution is 7.90. The SMILES string of the molecule is C=CC(c1ccc(N2CCOCC2)nc1)S(=O)(=O)n1c(C(CC)C(=O)O)cc2cc(Cl)ccc21. The first kappa shape index (κ1) is 24.3. The number of carboxylic acid groups (broad SMARTS) is 1. The molecule has 0 radical (unpaired) electrons. The average molecular weight is 504 g/mol. The molecule has 0 amide bonds. The second kappa shape index (κ2) is 9.77. The normalized spacial score (nSPS) is 16.4. The predicted octanol–water partition coefficient (Wildman–Crippen LogP) is 4.21. The highest BCUT2D eigenvalue weighted by Crippen LogP contribution is 2.36. The zero-order valence-electron chi connectivity index (χ0n) is 18.7. The number of aromatic nitrogens is 2. The third kappa shape index (κ3) is 4.43. The standard InChI is InChI=1S/C24H26ClN3O5S/c1-3-19(24(29)30)21-14-17-13-18(25)6-7-20(17)28(21)34(31,32)22(4-2)16-5-8-23(26-15-16)27-9-11-33-12-10-27/h4-8,13-15,19,22H,2-3,9-12H2,1H3,(H,29,30). The minimum atomic E-state index is -4.14. The third-order valence-corrected chi connectivity index (χ3v) is 8.29. The van der Waals surface area contributed by atoms with Crippen LogP contribution in [0.5, 0.6) is 0 Å². The summed E-state index contributed by atoms with van der Waals surface area (Å²) < 4.78 is 34.5. The zero-order chi connectivity index (χ0) is 24.5. The fraction of sp³-hybridized carbons (Fsp3) is 0.333. The van der Waals surface area contributed by atoms with Crippen LogP contribution >= 0.6 is 11.6 Å². The average Bonchev–Trinajstić information content (AvgIpc) is 3.19. The summed E-state index contributed by atoms with van der Waals surface area (Å²) in [5, 5.41) is 9.64. The Hall–Kier alpha value is -2.88. The molecule has 3 aromatic rings. The lowest BCUT2D eigenvalue weighted by Crippen LogP contribution is -2.36. The van der Waals surface area contributed by atoms with Crippen molar-refractivity contribution in [2.24, 2.45) is 0 Å². The van der Waals surface area contributed by atoms with Gasteiger partial charge in [0.05, 0.1) is 24.6 Å². The maximum Gasteiger partial charge on any atom is 0.312 e. The van der Waals surface area contributed by atoms with E-state index in [9.17, 15) is 18.3 Å². The molecule has 1 aliphatic heterocycles. The fourth-order valence-electron chi connectivity index (χ4n) is 4.31. The third-order valence-electron chi connectivity index (χ3n) is 6.03. The maximum absolute atomic E-state index is 14.0. The number of aliphatic carboxylic acids is 1. The molecule has 34 heavy (non-hydrogen) atoms. The molecule has 8 nitrogen and oxygen atoms in total. The lowest BCUT2D eigenvalue weighted by atomic mass is 10.0. The molecule has 1 aliphatic rings. The molecule has 2 unspecified atom stereocenters. The number of hydrogen-bond acceptors (Lipinski definition) is 6. The summed E-state index contributed by atoms with van der Waals surface area (Å²) in [6, 6.07) is 9.89. The van der Waals surface area contributed by atoms with Crippen molar-refractivity contribution in [1.29, 1.82) is 0 Å². The number of rotatable bonds is 8. The van der Waals surface area contributed by atoms with E-state index in [1.807, 2.05) is 0 Å². The second-order valence-electron chi connectivity index (χ2n) is 8.09. The monoisotopic (exact) mass is 503 g/mol. The molecule has 1 saturated heterocycles. The van der Waals surface area contributed by atoms with E-state index in [1.54, 1.807) is 43.3 Å². The van der Waals surface area contributed by atoms with Gasteiger partial charge in [0, 0.05) is 35.4 Å². The smallest absolute Gasteiger partial charge is 0.312 e. The van der Waals surface area contributed by atoms with Crippen molar-refractivity contribution in [1.82, 2.24) is 8.96 Å². The minimum Gasteiger partial charge on any atom is -0.481 e. The Morgan fingerprint density at radius 3 is 2.59 bits per heavy atom. The molecular weight excluding hydrogens is 478 g/mol. The number of benzene rings is 1. The quantitative estimate of drug-likeness (QED) is 0.459. The van der Waals surface area contributed by atoms with Crippen LogP contribution in [-0.2, 0) is 19.6 Å². The van der Waals surface area contributed by atoms with Gasteiger partial charge >= 0.3 is 5.97 Å². The van der Waals surface area contributed by atoms with Crippen LogP contribution in [0.25, 0.3) is 10.9 Å². The molecule has 0 aliphatic carbocycles. The molecule has 1 N–H and O–H groups in total. The fourth-order valence-corrected chi connectivity index (χ4v) is 6.36. The van der Waals surface area contributed by atoms with Crippen LogP contribution in [0, 0.1) is 0 Å². The van der Waals surface area contributed by atoms with E-state index in [0.29, 0.717) is 47.8 Å². The van der Waals surface area contributed by atoms with Gasteiger partial charge in [-0.25, -0.2) is 17.4 Å². The number of halogens is 1. The number of ether oxygens (including phenoxy) is 1. The molecule has 180 valence electrons. The first-order valence-electron chi connectivity index (χ1n) is 11.0. The van der Waals surface area contributed by atoms with Crippen LogP contribution in [0.15, 0.2) is 55.3 Å². The van der Waals surface area contributed by atoms with E-state index in [4.69, 9.17) is 16.3 Å². The summed E-state index contributed by atoms with van der Waals surface area (Å²) in [6.45, 7) is 8.13. The highest BCUT2D eigenvalue weighted by atomic mass is 35.5. The van der Waals surface area contributed by atoms with Gasteiger partial charge < -0.3 is 14.7 Å². The lowest BCUT2D eigenvalue weighted by Gasteiger charge is -2.28. The summed E-state index contributed by atoms with van der Waals surface area (Å²) in [5.74, 6) is -1.36. The largest absolute Gasteiger partial charge is 0.481 e. The van der Waals surface area contributed by atoms with Crippen LogP contribution in [-0.4, -0.2) is 54.8 Å². The Balaban J connectivity index is 1.81. The first-order chi connectivity index (χ1) is 16.3. The molecule has 2 aromatic heterocycles. The molecule has 1 fully saturated rings. The highest BCUT2D eigenvalue weighted by Gasteiger charge is 2.34. The molecule has 0 spiro atoms. The van der Waals surface area contributed by atoms with Gasteiger partial charge in [-0.05, 0) is 42.3 Å². The van der Waals surface area contributed by atoms with Crippen LogP contribution < -0.4 is 4.90 Å². The number of morpholine rings is 1. The van der Waals surface area contributed by atoms with E-state index in [1.165, 1.54) is 12.3 Å². The Morgan fingerprint density at radius 2 is 2.00 bits per heavy atom. The van der Waals surface area contributed by atoms with Gasteiger partial charge in [-0.3, -0.25) is 4.79 Å². The van der Waals surface area contributed by atoms with Crippen molar-refractivity contribution in [3.8, 4) is 0 Å². The topological polar surface area (TPSA) is 102 Å². The number of hydrogen-bond donors (Lipinski definition) is 1. The number of nitrogens with zero attached hydrogens (tertiary/aromatic N) is 3. The molecule has 2 atom stereocenters. The van der Waals surface area contributed by atoms with Crippen molar-refractivity contribution < 1.29 is 23.1 Å². The molecule has 10 heteroatoms. The zero-order valence-corrected chi connectivity index (χ0v) is 20.3. The van der Waals surface area contributed by atoms with Gasteiger partial charge in [0.25, 0.3) is 0 Å². The molecule has 3 heterocycles. The number of carbonyl (C=O) groups is 1. The Labute approximate surface area is 203 Å². The van der Waals surface area contributed by atoms with Gasteiger partial charge in [-0.2, -0.15) is 0 Å². The Bertz CT molecular complexity index is 1310.